The highest BCUT2D eigenvalue weighted by Gasteiger charge is 2.13. The van der Waals surface area contributed by atoms with Gasteiger partial charge in [0.2, 0.25) is 5.95 Å². The summed E-state index contributed by atoms with van der Waals surface area (Å²) in [7, 11) is 0. The van der Waals surface area contributed by atoms with Gasteiger partial charge in [-0.15, -0.1) is 0 Å². The number of piperidine rings is 1. The van der Waals surface area contributed by atoms with Crippen LogP contribution >= 0.6 is 0 Å². The third kappa shape index (κ3) is 5.68. The van der Waals surface area contributed by atoms with E-state index >= 15 is 0 Å². The molecule has 2 heterocycles. The maximum Gasteiger partial charge on any atom is 0.225 e. The van der Waals surface area contributed by atoms with Crippen LogP contribution in [0.2, 0.25) is 0 Å². The molecule has 4 N–H and O–H groups in total. The van der Waals surface area contributed by atoms with E-state index in [4.69, 9.17) is 5.11 Å². The summed E-state index contributed by atoms with van der Waals surface area (Å²) in [6, 6.07) is 12.1. The molecule has 3 rings (SSSR count). The Labute approximate surface area is 155 Å². The topological polar surface area (TPSA) is 82.1 Å². The van der Waals surface area contributed by atoms with Crippen LogP contribution in [0, 0.1) is 5.92 Å². The van der Waals surface area contributed by atoms with Gasteiger partial charge >= 0.3 is 0 Å². The number of nitrogens with one attached hydrogen (secondary N) is 3. The fraction of sp³-hybridized carbons (Fsp3) is 0.500. The summed E-state index contributed by atoms with van der Waals surface area (Å²) in [5, 5.41) is 19.1. The minimum Gasteiger partial charge on any atom is -0.396 e. The number of aliphatic hydroxyl groups is 1. The summed E-state index contributed by atoms with van der Waals surface area (Å²) < 4.78 is 0. The van der Waals surface area contributed by atoms with Gasteiger partial charge in [0.25, 0.3) is 0 Å². The van der Waals surface area contributed by atoms with Crippen molar-refractivity contribution in [2.45, 2.75) is 25.7 Å². The van der Waals surface area contributed by atoms with Crippen LogP contribution in [-0.2, 0) is 0 Å². The maximum absolute atomic E-state index is 8.97. The minimum atomic E-state index is 0.159. The van der Waals surface area contributed by atoms with Gasteiger partial charge in [0.1, 0.15) is 5.82 Å². The Balaban J connectivity index is 1.67. The van der Waals surface area contributed by atoms with Crippen molar-refractivity contribution in [2.75, 3.05) is 43.4 Å². The second kappa shape index (κ2) is 10.1. The fourth-order valence-corrected chi connectivity index (χ4v) is 3.23. The molecule has 26 heavy (non-hydrogen) atoms. The number of rotatable bonds is 9. The number of aliphatic hydroxyl groups excluding tert-OH is 1. The van der Waals surface area contributed by atoms with Crippen LogP contribution in [-0.4, -0.2) is 47.9 Å². The molecule has 1 fully saturated rings. The van der Waals surface area contributed by atoms with E-state index < -0.39 is 0 Å². The van der Waals surface area contributed by atoms with E-state index in [9.17, 15) is 0 Å². The molecule has 1 aliphatic heterocycles. The largest absolute Gasteiger partial charge is 0.396 e. The van der Waals surface area contributed by atoms with Gasteiger partial charge in [-0.25, -0.2) is 4.98 Å². The first kappa shape index (κ1) is 18.6. The normalized spacial score (nSPS) is 15.0. The molecule has 0 radical (unpaired) electrons. The second-order valence-corrected chi connectivity index (χ2v) is 6.74. The molecule has 0 aliphatic carbocycles. The van der Waals surface area contributed by atoms with E-state index in [0.717, 1.165) is 42.6 Å². The molecule has 0 bridgehead atoms. The lowest BCUT2D eigenvalue weighted by Gasteiger charge is -2.22. The van der Waals surface area contributed by atoms with E-state index in [2.05, 4.69) is 38.1 Å². The molecule has 1 aromatic heterocycles. The van der Waals surface area contributed by atoms with E-state index in [0.29, 0.717) is 18.9 Å². The molecule has 1 saturated heterocycles. The third-order valence-corrected chi connectivity index (χ3v) is 4.73. The van der Waals surface area contributed by atoms with Crippen molar-refractivity contribution in [1.82, 2.24) is 15.3 Å². The molecular formula is C20H29N5O. The zero-order valence-electron chi connectivity index (χ0n) is 15.2. The Bertz CT molecular complexity index is 659. The van der Waals surface area contributed by atoms with Gasteiger partial charge in [-0.05, 0) is 44.7 Å². The molecule has 1 aliphatic rings. The van der Waals surface area contributed by atoms with E-state index in [1.165, 1.54) is 19.3 Å². The Morgan fingerprint density at radius 2 is 1.85 bits per heavy atom. The Morgan fingerprint density at radius 3 is 2.62 bits per heavy atom. The summed E-state index contributed by atoms with van der Waals surface area (Å²) in [5.74, 6) is 2.24. The van der Waals surface area contributed by atoms with Gasteiger partial charge in [-0.2, -0.15) is 4.98 Å². The Hall–Kier alpha value is -2.18. The van der Waals surface area contributed by atoms with Crippen LogP contribution < -0.4 is 16.0 Å². The quantitative estimate of drug-likeness (QED) is 0.518. The molecule has 0 unspecified atom stereocenters. The van der Waals surface area contributed by atoms with Crippen molar-refractivity contribution in [3.05, 3.63) is 36.4 Å². The molecule has 140 valence electrons. The smallest absolute Gasteiger partial charge is 0.225 e. The highest BCUT2D eigenvalue weighted by atomic mass is 16.3. The van der Waals surface area contributed by atoms with Crippen molar-refractivity contribution in [3.63, 3.8) is 0 Å². The lowest BCUT2D eigenvalue weighted by Crippen LogP contribution is -2.28. The summed E-state index contributed by atoms with van der Waals surface area (Å²) in [6.07, 6.45) is 4.36. The maximum atomic E-state index is 8.97. The third-order valence-electron chi connectivity index (χ3n) is 4.73. The van der Waals surface area contributed by atoms with Crippen LogP contribution in [0.5, 0.6) is 0 Å². The van der Waals surface area contributed by atoms with Gasteiger partial charge in [0, 0.05) is 31.3 Å². The lowest BCUT2D eigenvalue weighted by atomic mass is 9.95. The molecule has 2 aromatic rings. The highest BCUT2D eigenvalue weighted by molar-refractivity contribution is 5.64. The molecular weight excluding hydrogens is 326 g/mol. The van der Waals surface area contributed by atoms with Crippen LogP contribution in [0.15, 0.2) is 36.4 Å². The first-order valence-corrected chi connectivity index (χ1v) is 9.59. The zero-order valence-corrected chi connectivity index (χ0v) is 15.2. The van der Waals surface area contributed by atoms with Gasteiger partial charge in [-0.1, -0.05) is 30.3 Å². The van der Waals surface area contributed by atoms with Crippen molar-refractivity contribution < 1.29 is 5.11 Å². The molecule has 0 amide bonds. The van der Waals surface area contributed by atoms with Gasteiger partial charge < -0.3 is 21.1 Å². The van der Waals surface area contributed by atoms with Crippen molar-refractivity contribution in [2.24, 2.45) is 5.92 Å². The van der Waals surface area contributed by atoms with Gasteiger partial charge in [0.05, 0.1) is 5.69 Å². The van der Waals surface area contributed by atoms with Gasteiger partial charge in [0.15, 0.2) is 0 Å². The number of nitrogens with zero attached hydrogens (tertiary/aromatic N) is 2. The minimum absolute atomic E-state index is 0.159. The van der Waals surface area contributed by atoms with Crippen molar-refractivity contribution in [1.29, 1.82) is 0 Å². The Kier molecular flexibility index (Phi) is 7.22. The number of benzene rings is 1. The average molecular weight is 355 g/mol. The summed E-state index contributed by atoms with van der Waals surface area (Å²) in [6.45, 7) is 4.01. The fourth-order valence-electron chi connectivity index (χ4n) is 3.23. The first-order chi connectivity index (χ1) is 12.8. The van der Waals surface area contributed by atoms with Crippen LogP contribution in [0.1, 0.15) is 25.7 Å². The van der Waals surface area contributed by atoms with Crippen molar-refractivity contribution in [3.8, 4) is 11.3 Å². The van der Waals surface area contributed by atoms with E-state index in [1.807, 2.05) is 24.3 Å². The SMILES string of the molecule is OCCCNc1nc(NCCC2CCNCC2)cc(-c2ccccc2)n1. The molecule has 0 spiro atoms. The van der Waals surface area contributed by atoms with Crippen LogP contribution in [0.4, 0.5) is 11.8 Å². The average Bonchev–Trinajstić information content (AvgIpc) is 2.70. The number of anilines is 2. The number of aromatic nitrogens is 2. The molecule has 1 aromatic carbocycles. The summed E-state index contributed by atoms with van der Waals surface area (Å²) >= 11 is 0. The molecule has 6 heteroatoms. The predicted octanol–water partition coefficient (Wildman–Crippen LogP) is 2.74. The van der Waals surface area contributed by atoms with Crippen LogP contribution in [0.3, 0.4) is 0 Å². The Morgan fingerprint density at radius 1 is 1.04 bits per heavy atom. The lowest BCUT2D eigenvalue weighted by molar-refractivity contribution is 0.292. The second-order valence-electron chi connectivity index (χ2n) is 6.74. The predicted molar refractivity (Wildman–Crippen MR) is 106 cm³/mol. The molecule has 0 atom stereocenters. The molecule has 0 saturated carbocycles. The first-order valence-electron chi connectivity index (χ1n) is 9.59. The number of hydrogen-bond acceptors (Lipinski definition) is 6. The van der Waals surface area contributed by atoms with E-state index in [-0.39, 0.29) is 6.61 Å². The van der Waals surface area contributed by atoms with Gasteiger partial charge in [-0.3, -0.25) is 0 Å². The number of hydrogen-bond donors (Lipinski definition) is 4. The monoisotopic (exact) mass is 355 g/mol. The summed E-state index contributed by atoms with van der Waals surface area (Å²) in [4.78, 5) is 9.21. The standard InChI is InChI=1S/C20H29N5O/c26-14-4-10-23-20-24-18(17-5-2-1-3-6-17)15-19(25-20)22-13-9-16-7-11-21-12-8-16/h1-3,5-6,15-16,21,26H,4,7-14H2,(H2,22,23,24,25). The summed E-state index contributed by atoms with van der Waals surface area (Å²) in [5.41, 5.74) is 1.97. The zero-order chi connectivity index (χ0) is 18.0. The highest BCUT2D eigenvalue weighted by Crippen LogP contribution is 2.22. The van der Waals surface area contributed by atoms with Crippen molar-refractivity contribution >= 4 is 11.8 Å². The van der Waals surface area contributed by atoms with E-state index in [1.54, 1.807) is 0 Å². The molecule has 6 nitrogen and oxygen atoms in total. The van der Waals surface area contributed by atoms with Crippen LogP contribution in [0.25, 0.3) is 11.3 Å².